The van der Waals surface area contributed by atoms with E-state index in [1.807, 2.05) is 0 Å². The minimum atomic E-state index is -0.964. The van der Waals surface area contributed by atoms with Crippen LogP contribution in [0.5, 0.6) is 0 Å². The van der Waals surface area contributed by atoms with Crippen LogP contribution in [0.4, 0.5) is 0 Å². The number of hydrogen-bond acceptors (Lipinski definition) is 2. The fraction of sp³-hybridized carbons (Fsp3) is 0.700. The predicted molar refractivity (Wildman–Crippen MR) is 53.3 cm³/mol. The normalized spacial score (nSPS) is 14.7. The first-order chi connectivity index (χ1) is 6.13. The van der Waals surface area contributed by atoms with Crippen molar-refractivity contribution >= 4 is 5.91 Å². The number of nitrogens with one attached hydrogen (secondary N) is 1. The first-order valence-electron chi connectivity index (χ1n) is 4.71. The lowest BCUT2D eigenvalue weighted by Crippen LogP contribution is -2.38. The summed E-state index contributed by atoms with van der Waals surface area (Å²) in [4.78, 5) is 11.2. The molecular weight excluding hydrogens is 166 g/mol. The van der Waals surface area contributed by atoms with Gasteiger partial charge in [0.2, 0.25) is 5.91 Å². The lowest BCUT2D eigenvalue weighted by atomic mass is 10.0. The van der Waals surface area contributed by atoms with E-state index in [9.17, 15) is 9.90 Å². The highest BCUT2D eigenvalue weighted by atomic mass is 16.3. The van der Waals surface area contributed by atoms with Crippen LogP contribution in [0.25, 0.3) is 0 Å². The van der Waals surface area contributed by atoms with Gasteiger partial charge < -0.3 is 10.4 Å². The first-order valence-corrected chi connectivity index (χ1v) is 4.71. The highest BCUT2D eigenvalue weighted by Crippen LogP contribution is 2.03. The van der Waals surface area contributed by atoms with Crippen molar-refractivity contribution in [3.63, 3.8) is 0 Å². The smallest absolute Gasteiger partial charge is 0.249 e. The molecule has 0 saturated heterocycles. The van der Waals surface area contributed by atoms with E-state index in [4.69, 9.17) is 0 Å². The molecule has 13 heavy (non-hydrogen) atoms. The van der Waals surface area contributed by atoms with E-state index in [1.54, 1.807) is 13.0 Å². The monoisotopic (exact) mass is 185 g/mol. The van der Waals surface area contributed by atoms with E-state index in [0.717, 1.165) is 12.8 Å². The summed E-state index contributed by atoms with van der Waals surface area (Å²) < 4.78 is 0. The molecule has 0 unspecified atom stereocenters. The highest BCUT2D eigenvalue weighted by Gasteiger charge is 2.18. The quantitative estimate of drug-likeness (QED) is 0.480. The molecule has 3 heteroatoms. The van der Waals surface area contributed by atoms with Crippen LogP contribution in [0.3, 0.4) is 0 Å². The number of carbonyl (C=O) groups excluding carboxylic acids is 1. The van der Waals surface area contributed by atoms with Gasteiger partial charge >= 0.3 is 0 Å². The van der Waals surface area contributed by atoms with Gasteiger partial charge in [-0.15, -0.1) is 6.58 Å². The number of aliphatic hydroxyl groups is 1. The Bertz CT molecular complexity index is 168. The third-order valence-electron chi connectivity index (χ3n) is 1.97. The molecule has 0 fully saturated rings. The number of aliphatic hydroxyl groups excluding tert-OH is 1. The molecule has 2 atom stereocenters. The summed E-state index contributed by atoms with van der Waals surface area (Å²) in [7, 11) is 0. The Hall–Kier alpha value is -0.830. The fourth-order valence-electron chi connectivity index (χ4n) is 0.861. The molecule has 1 amide bonds. The summed E-state index contributed by atoms with van der Waals surface area (Å²) >= 11 is 0. The van der Waals surface area contributed by atoms with Gasteiger partial charge in [-0.3, -0.25) is 4.79 Å². The fourth-order valence-corrected chi connectivity index (χ4v) is 0.861. The van der Waals surface area contributed by atoms with Crippen molar-refractivity contribution in [1.82, 2.24) is 5.32 Å². The summed E-state index contributed by atoms with van der Waals surface area (Å²) in [6, 6.07) is 0. The van der Waals surface area contributed by atoms with Gasteiger partial charge in [0.15, 0.2) is 0 Å². The van der Waals surface area contributed by atoms with Gasteiger partial charge in [0.25, 0.3) is 0 Å². The Balaban J connectivity index is 3.75. The van der Waals surface area contributed by atoms with Crippen LogP contribution in [0.15, 0.2) is 12.7 Å². The number of hydrogen-bond donors (Lipinski definition) is 2. The van der Waals surface area contributed by atoms with Crippen LogP contribution >= 0.6 is 0 Å². The first kappa shape index (κ1) is 12.2. The molecular formula is C10H19NO2. The average Bonchev–Trinajstić information content (AvgIpc) is 2.15. The van der Waals surface area contributed by atoms with Gasteiger partial charge in [0, 0.05) is 12.5 Å². The molecule has 0 aliphatic rings. The van der Waals surface area contributed by atoms with Gasteiger partial charge in [-0.2, -0.15) is 0 Å². The second-order valence-corrected chi connectivity index (χ2v) is 3.18. The van der Waals surface area contributed by atoms with Gasteiger partial charge in [-0.05, 0) is 6.42 Å². The van der Waals surface area contributed by atoms with E-state index in [1.165, 1.54) is 0 Å². The molecule has 0 aromatic carbocycles. The van der Waals surface area contributed by atoms with Crippen LogP contribution < -0.4 is 5.32 Å². The summed E-state index contributed by atoms with van der Waals surface area (Å²) in [5.74, 6) is -0.498. The number of amides is 1. The lowest BCUT2D eigenvalue weighted by Gasteiger charge is -2.14. The maximum Gasteiger partial charge on any atom is 0.249 e. The van der Waals surface area contributed by atoms with E-state index in [-0.39, 0.29) is 11.8 Å². The van der Waals surface area contributed by atoms with Crippen molar-refractivity contribution in [2.24, 2.45) is 5.92 Å². The summed E-state index contributed by atoms with van der Waals surface area (Å²) in [6.07, 6.45) is 2.59. The predicted octanol–water partition coefficient (Wildman–Crippen LogP) is 1.09. The Morgan fingerprint density at radius 1 is 1.69 bits per heavy atom. The number of rotatable bonds is 6. The zero-order valence-electron chi connectivity index (χ0n) is 8.42. The molecule has 2 N–H and O–H groups in total. The Labute approximate surface area is 79.8 Å². The second-order valence-electron chi connectivity index (χ2n) is 3.18. The molecule has 0 rings (SSSR count). The second kappa shape index (κ2) is 6.66. The van der Waals surface area contributed by atoms with Crippen LogP contribution in [0.1, 0.15) is 26.7 Å². The van der Waals surface area contributed by atoms with Crippen molar-refractivity contribution < 1.29 is 9.90 Å². The number of carbonyl (C=O) groups is 1. The molecule has 0 heterocycles. The van der Waals surface area contributed by atoms with Crippen molar-refractivity contribution in [2.75, 3.05) is 6.54 Å². The molecule has 0 aromatic heterocycles. The molecule has 0 spiro atoms. The molecule has 0 radical (unpaired) electrons. The Morgan fingerprint density at radius 2 is 2.31 bits per heavy atom. The third-order valence-corrected chi connectivity index (χ3v) is 1.97. The van der Waals surface area contributed by atoms with Gasteiger partial charge in [-0.25, -0.2) is 0 Å². The molecule has 0 aromatic rings. The van der Waals surface area contributed by atoms with E-state index >= 15 is 0 Å². The Kier molecular flexibility index (Phi) is 6.24. The largest absolute Gasteiger partial charge is 0.383 e. The van der Waals surface area contributed by atoms with Crippen molar-refractivity contribution in [3.05, 3.63) is 12.7 Å². The Morgan fingerprint density at radius 3 is 2.77 bits per heavy atom. The summed E-state index contributed by atoms with van der Waals surface area (Å²) in [5.41, 5.74) is 0. The highest BCUT2D eigenvalue weighted by molar-refractivity contribution is 5.80. The summed E-state index contributed by atoms with van der Waals surface area (Å²) in [5, 5.41) is 12.1. The molecule has 0 aliphatic carbocycles. The maximum atomic E-state index is 11.2. The lowest BCUT2D eigenvalue weighted by molar-refractivity contribution is -0.130. The molecule has 3 nitrogen and oxygen atoms in total. The van der Waals surface area contributed by atoms with Crippen LogP contribution in [-0.4, -0.2) is 23.7 Å². The van der Waals surface area contributed by atoms with Crippen LogP contribution in [-0.2, 0) is 4.79 Å². The third kappa shape index (κ3) is 4.68. The van der Waals surface area contributed by atoms with E-state index < -0.39 is 6.10 Å². The molecule has 0 aliphatic heterocycles. The van der Waals surface area contributed by atoms with Gasteiger partial charge in [0.05, 0.1) is 0 Å². The van der Waals surface area contributed by atoms with Crippen molar-refractivity contribution in [2.45, 2.75) is 32.8 Å². The van der Waals surface area contributed by atoms with Crippen molar-refractivity contribution in [3.8, 4) is 0 Å². The SMILES string of the molecule is C=C[C@H](C)[C@@H](O)C(=O)NCCCC. The topological polar surface area (TPSA) is 49.3 Å². The standard InChI is InChI=1S/C10H19NO2/c1-4-6-7-11-10(13)9(12)8(3)5-2/h5,8-9,12H,2,4,6-7H2,1,3H3,(H,11,13)/t8-,9+/m0/s1. The zero-order valence-corrected chi connectivity index (χ0v) is 8.42. The summed E-state index contributed by atoms with van der Waals surface area (Å²) in [6.45, 7) is 7.97. The van der Waals surface area contributed by atoms with Crippen LogP contribution in [0, 0.1) is 5.92 Å². The zero-order chi connectivity index (χ0) is 10.3. The minimum Gasteiger partial charge on any atom is -0.383 e. The van der Waals surface area contributed by atoms with Crippen molar-refractivity contribution in [1.29, 1.82) is 0 Å². The van der Waals surface area contributed by atoms with Gasteiger partial charge in [0.1, 0.15) is 6.10 Å². The average molecular weight is 185 g/mol. The molecule has 76 valence electrons. The minimum absolute atomic E-state index is 0.193. The van der Waals surface area contributed by atoms with Gasteiger partial charge in [-0.1, -0.05) is 26.3 Å². The van der Waals surface area contributed by atoms with E-state index in [2.05, 4.69) is 18.8 Å². The molecule has 0 bridgehead atoms. The maximum absolute atomic E-state index is 11.2. The number of unbranched alkanes of at least 4 members (excludes halogenated alkanes) is 1. The van der Waals surface area contributed by atoms with Crippen LogP contribution in [0.2, 0.25) is 0 Å². The molecule has 0 saturated carbocycles. The van der Waals surface area contributed by atoms with E-state index in [0.29, 0.717) is 6.54 Å².